The second-order valence-corrected chi connectivity index (χ2v) is 4.82. The van der Waals surface area contributed by atoms with E-state index in [1.54, 1.807) is 12.1 Å². The minimum atomic E-state index is -1.10. The summed E-state index contributed by atoms with van der Waals surface area (Å²) in [5.74, 6) is -0.268. The fourth-order valence-electron chi connectivity index (χ4n) is 1.94. The smallest absolute Gasteiger partial charge is 0.341 e. The van der Waals surface area contributed by atoms with Crippen molar-refractivity contribution in [3.63, 3.8) is 0 Å². The molecule has 0 aliphatic heterocycles. The lowest BCUT2D eigenvalue weighted by atomic mass is 10.1. The number of aromatic carboxylic acids is 1. The Balaban J connectivity index is 2.26. The number of hydrogen-bond acceptors (Lipinski definition) is 2. The lowest BCUT2D eigenvalue weighted by Crippen LogP contribution is -2.01. The van der Waals surface area contributed by atoms with Gasteiger partial charge in [-0.15, -0.1) is 0 Å². The number of hydrogen-bond donors (Lipinski definition) is 1. The number of rotatable bonds is 5. The van der Waals surface area contributed by atoms with Crippen molar-refractivity contribution < 1.29 is 14.6 Å². The van der Waals surface area contributed by atoms with Crippen molar-refractivity contribution in [1.29, 1.82) is 0 Å². The molecule has 0 spiro atoms. The van der Waals surface area contributed by atoms with Gasteiger partial charge >= 0.3 is 5.97 Å². The number of ether oxygens (including phenoxy) is 1. The minimum Gasteiger partial charge on any atom is -0.478 e. The van der Waals surface area contributed by atoms with Crippen LogP contribution in [-0.4, -0.2) is 11.1 Å². The molecule has 2 aromatic carbocycles. The molecule has 0 aromatic heterocycles. The van der Waals surface area contributed by atoms with E-state index in [0.29, 0.717) is 5.75 Å². The van der Waals surface area contributed by atoms with Gasteiger partial charge in [-0.05, 0) is 36.2 Å². The van der Waals surface area contributed by atoms with Gasteiger partial charge in [0.25, 0.3) is 0 Å². The van der Waals surface area contributed by atoms with Crippen molar-refractivity contribution in [3.05, 3.63) is 58.6 Å². The predicted molar refractivity (Wildman–Crippen MR) is 78.9 cm³/mol. The van der Waals surface area contributed by atoms with Gasteiger partial charge in [0.1, 0.15) is 17.1 Å². The van der Waals surface area contributed by atoms with Crippen molar-refractivity contribution in [2.75, 3.05) is 0 Å². The summed E-state index contributed by atoms with van der Waals surface area (Å²) in [6.07, 6.45) is 2.09. The van der Waals surface area contributed by atoms with E-state index in [-0.39, 0.29) is 16.3 Å². The Morgan fingerprint density at radius 1 is 1.20 bits per heavy atom. The lowest BCUT2D eigenvalue weighted by Gasteiger charge is -2.10. The second kappa shape index (κ2) is 6.44. The molecule has 1 N–H and O–H groups in total. The Morgan fingerprint density at radius 3 is 2.50 bits per heavy atom. The maximum absolute atomic E-state index is 11.2. The van der Waals surface area contributed by atoms with Crippen LogP contribution in [-0.2, 0) is 6.42 Å². The SMILES string of the molecule is CCCc1ccc(Oc2cccc(Cl)c2C(=O)O)cc1. The van der Waals surface area contributed by atoms with Gasteiger partial charge in [-0.25, -0.2) is 4.79 Å². The average molecular weight is 291 g/mol. The number of benzene rings is 2. The number of carbonyl (C=O) groups is 1. The number of carboxylic acids is 1. The number of halogens is 1. The highest BCUT2D eigenvalue weighted by atomic mass is 35.5. The molecule has 0 saturated heterocycles. The van der Waals surface area contributed by atoms with E-state index >= 15 is 0 Å². The molecule has 0 aliphatic carbocycles. The monoisotopic (exact) mass is 290 g/mol. The highest BCUT2D eigenvalue weighted by Crippen LogP contribution is 2.30. The fourth-order valence-corrected chi connectivity index (χ4v) is 2.18. The van der Waals surface area contributed by atoms with Gasteiger partial charge in [-0.1, -0.05) is 43.1 Å². The molecule has 0 fully saturated rings. The Morgan fingerprint density at radius 2 is 1.90 bits per heavy atom. The maximum Gasteiger partial charge on any atom is 0.341 e. The average Bonchev–Trinajstić information content (AvgIpc) is 2.41. The molecular weight excluding hydrogens is 276 g/mol. The van der Waals surface area contributed by atoms with Crippen LogP contribution in [0.3, 0.4) is 0 Å². The first-order valence-corrected chi connectivity index (χ1v) is 6.78. The molecule has 0 amide bonds. The standard InChI is InChI=1S/C16H15ClO3/c1-2-4-11-7-9-12(10-8-11)20-14-6-3-5-13(17)15(14)16(18)19/h3,5-10H,2,4H2,1H3,(H,18,19). The predicted octanol–water partition coefficient (Wildman–Crippen LogP) is 4.78. The van der Waals surface area contributed by atoms with Gasteiger partial charge < -0.3 is 9.84 Å². The van der Waals surface area contributed by atoms with E-state index in [9.17, 15) is 9.90 Å². The highest BCUT2D eigenvalue weighted by molar-refractivity contribution is 6.33. The quantitative estimate of drug-likeness (QED) is 0.861. The van der Waals surface area contributed by atoms with Crippen LogP contribution < -0.4 is 4.74 Å². The Labute approximate surface area is 122 Å². The molecule has 0 aliphatic rings. The van der Waals surface area contributed by atoms with Crippen molar-refractivity contribution in [3.8, 4) is 11.5 Å². The molecule has 104 valence electrons. The summed E-state index contributed by atoms with van der Waals surface area (Å²) in [6, 6.07) is 12.4. The van der Waals surface area contributed by atoms with Gasteiger partial charge in [-0.3, -0.25) is 0 Å². The van der Waals surface area contributed by atoms with E-state index < -0.39 is 5.97 Å². The zero-order chi connectivity index (χ0) is 14.5. The molecule has 2 rings (SSSR count). The topological polar surface area (TPSA) is 46.5 Å². The fraction of sp³-hybridized carbons (Fsp3) is 0.188. The van der Waals surface area contributed by atoms with Crippen molar-refractivity contribution in [1.82, 2.24) is 0 Å². The lowest BCUT2D eigenvalue weighted by molar-refractivity contribution is 0.0694. The van der Waals surface area contributed by atoms with E-state index in [1.807, 2.05) is 24.3 Å². The Hall–Kier alpha value is -2.00. The molecule has 0 saturated carbocycles. The van der Waals surface area contributed by atoms with Crippen LogP contribution in [0.4, 0.5) is 0 Å². The molecule has 20 heavy (non-hydrogen) atoms. The van der Waals surface area contributed by atoms with Crippen LogP contribution in [0.1, 0.15) is 29.3 Å². The Bertz CT molecular complexity index is 606. The van der Waals surface area contributed by atoms with E-state index in [4.69, 9.17) is 16.3 Å². The zero-order valence-corrected chi connectivity index (χ0v) is 11.9. The van der Waals surface area contributed by atoms with Crippen molar-refractivity contribution >= 4 is 17.6 Å². The van der Waals surface area contributed by atoms with E-state index in [2.05, 4.69) is 6.92 Å². The first-order valence-electron chi connectivity index (χ1n) is 6.40. The number of aryl methyl sites for hydroxylation is 1. The molecule has 0 heterocycles. The normalized spacial score (nSPS) is 10.3. The highest BCUT2D eigenvalue weighted by Gasteiger charge is 2.16. The summed E-state index contributed by atoms with van der Waals surface area (Å²) in [7, 11) is 0. The maximum atomic E-state index is 11.2. The molecule has 0 atom stereocenters. The van der Waals surface area contributed by atoms with Crippen LogP contribution >= 0.6 is 11.6 Å². The summed E-state index contributed by atoms with van der Waals surface area (Å²) in [5, 5.41) is 9.34. The van der Waals surface area contributed by atoms with Crippen molar-refractivity contribution in [2.45, 2.75) is 19.8 Å². The largest absolute Gasteiger partial charge is 0.478 e. The van der Waals surface area contributed by atoms with Gasteiger partial charge in [0.2, 0.25) is 0 Å². The molecule has 0 radical (unpaired) electrons. The third kappa shape index (κ3) is 3.31. The van der Waals surface area contributed by atoms with Gasteiger partial charge in [0.05, 0.1) is 5.02 Å². The second-order valence-electron chi connectivity index (χ2n) is 4.41. The van der Waals surface area contributed by atoms with Gasteiger partial charge in [0.15, 0.2) is 0 Å². The molecule has 4 heteroatoms. The summed E-state index contributed by atoms with van der Waals surface area (Å²) >= 11 is 5.90. The molecular formula is C16H15ClO3. The van der Waals surface area contributed by atoms with E-state index in [0.717, 1.165) is 12.8 Å². The molecule has 0 unspecified atom stereocenters. The van der Waals surface area contributed by atoms with Gasteiger partial charge in [-0.2, -0.15) is 0 Å². The van der Waals surface area contributed by atoms with Gasteiger partial charge in [0, 0.05) is 0 Å². The summed E-state index contributed by atoms with van der Waals surface area (Å²) in [6.45, 7) is 2.12. The summed E-state index contributed by atoms with van der Waals surface area (Å²) in [4.78, 5) is 11.2. The molecule has 3 nitrogen and oxygen atoms in total. The van der Waals surface area contributed by atoms with Crippen LogP contribution in [0.25, 0.3) is 0 Å². The minimum absolute atomic E-state index is 0.0215. The number of carboxylic acid groups (broad SMARTS) is 1. The first-order chi connectivity index (χ1) is 9.61. The third-order valence-electron chi connectivity index (χ3n) is 2.88. The summed E-state index contributed by atoms with van der Waals surface area (Å²) in [5.41, 5.74) is 1.20. The van der Waals surface area contributed by atoms with Crippen molar-refractivity contribution in [2.24, 2.45) is 0 Å². The zero-order valence-electron chi connectivity index (χ0n) is 11.1. The van der Waals surface area contributed by atoms with Crippen LogP contribution in [0, 0.1) is 0 Å². The van der Waals surface area contributed by atoms with Crippen LogP contribution in [0.15, 0.2) is 42.5 Å². The van der Waals surface area contributed by atoms with E-state index in [1.165, 1.54) is 11.6 Å². The van der Waals surface area contributed by atoms with Crippen LogP contribution in [0.5, 0.6) is 11.5 Å². The Kier molecular flexibility index (Phi) is 4.64. The molecule has 0 bridgehead atoms. The first kappa shape index (κ1) is 14.4. The van der Waals surface area contributed by atoms with Crippen LogP contribution in [0.2, 0.25) is 5.02 Å². The third-order valence-corrected chi connectivity index (χ3v) is 3.19. The molecule has 2 aromatic rings. The summed E-state index contributed by atoms with van der Waals surface area (Å²) < 4.78 is 5.62.